The predicted molar refractivity (Wildman–Crippen MR) is 83.4 cm³/mol. The molecule has 2 atom stereocenters. The molecule has 0 spiro atoms. The van der Waals surface area contributed by atoms with Crippen LogP contribution >= 0.6 is 0 Å². The second-order valence-electron chi connectivity index (χ2n) is 6.85. The van der Waals surface area contributed by atoms with E-state index in [-0.39, 0.29) is 0 Å². The van der Waals surface area contributed by atoms with Gasteiger partial charge in [0.1, 0.15) is 0 Å². The number of rotatable bonds is 7. The van der Waals surface area contributed by atoms with Crippen LogP contribution in [-0.4, -0.2) is 37.1 Å². The Labute approximate surface area is 124 Å². The van der Waals surface area contributed by atoms with Gasteiger partial charge in [-0.1, -0.05) is 32.6 Å². The number of hydrogen-bond donors (Lipinski definition) is 1. The maximum atomic E-state index is 8.96. The summed E-state index contributed by atoms with van der Waals surface area (Å²) in [6.45, 7) is 6.28. The van der Waals surface area contributed by atoms with Crippen molar-refractivity contribution in [1.29, 1.82) is 5.26 Å². The number of hydrogen-bond acceptors (Lipinski definition) is 3. The number of piperidine rings is 1. The molecule has 3 nitrogen and oxygen atoms in total. The lowest BCUT2D eigenvalue weighted by atomic mass is 9.89. The van der Waals surface area contributed by atoms with Gasteiger partial charge in [0.2, 0.25) is 0 Å². The molecule has 2 unspecified atom stereocenters. The molecule has 1 heterocycles. The van der Waals surface area contributed by atoms with Gasteiger partial charge in [-0.15, -0.1) is 0 Å². The Hall–Kier alpha value is -0.590. The molecule has 1 saturated carbocycles. The summed E-state index contributed by atoms with van der Waals surface area (Å²) in [5.74, 6) is 1.70. The third-order valence-corrected chi connectivity index (χ3v) is 5.04. The van der Waals surface area contributed by atoms with E-state index in [1.807, 2.05) is 0 Å². The Balaban J connectivity index is 1.77. The average molecular weight is 277 g/mol. The van der Waals surface area contributed by atoms with E-state index in [2.05, 4.69) is 23.2 Å². The van der Waals surface area contributed by atoms with E-state index in [1.165, 1.54) is 57.9 Å². The molecule has 1 N–H and O–H groups in total. The second kappa shape index (κ2) is 8.64. The number of likely N-dealkylation sites (tertiary alicyclic amines) is 1. The van der Waals surface area contributed by atoms with Gasteiger partial charge in [0, 0.05) is 19.1 Å². The summed E-state index contributed by atoms with van der Waals surface area (Å²) in [4.78, 5) is 2.36. The zero-order valence-corrected chi connectivity index (χ0v) is 13.1. The van der Waals surface area contributed by atoms with Crippen molar-refractivity contribution < 1.29 is 0 Å². The number of unbranched alkanes of at least 4 members (excludes halogenated alkanes) is 1. The van der Waals surface area contributed by atoms with E-state index in [0.29, 0.717) is 12.6 Å². The quantitative estimate of drug-likeness (QED) is 0.727. The molecule has 2 rings (SSSR count). The predicted octanol–water partition coefficient (Wildman–Crippen LogP) is 3.17. The molecule has 0 aromatic carbocycles. The molecule has 3 heteroatoms. The van der Waals surface area contributed by atoms with E-state index >= 15 is 0 Å². The van der Waals surface area contributed by atoms with Crippen molar-refractivity contribution in [3.05, 3.63) is 0 Å². The van der Waals surface area contributed by atoms with E-state index in [9.17, 15) is 0 Å². The van der Waals surface area contributed by atoms with Gasteiger partial charge in [-0.25, -0.2) is 0 Å². The van der Waals surface area contributed by atoms with Gasteiger partial charge in [0.05, 0.1) is 12.6 Å². The molecular formula is C17H31N3. The van der Waals surface area contributed by atoms with Crippen molar-refractivity contribution in [3.8, 4) is 6.07 Å². The van der Waals surface area contributed by atoms with Crippen LogP contribution in [0, 0.1) is 23.2 Å². The van der Waals surface area contributed by atoms with E-state index in [0.717, 1.165) is 24.9 Å². The van der Waals surface area contributed by atoms with Gasteiger partial charge in [0.25, 0.3) is 0 Å². The standard InChI is InChI=1S/C17H31N3/c1-2-3-6-16-11-17(14-20(13-16)10-9-18)19-12-15-7-4-5-8-15/h15-17,19H,2-8,10-14H2,1H3. The number of nitrogens with zero attached hydrogens (tertiary/aromatic N) is 2. The minimum Gasteiger partial charge on any atom is -0.312 e. The Bertz CT molecular complexity index is 304. The molecule has 0 aromatic heterocycles. The summed E-state index contributed by atoms with van der Waals surface area (Å²) >= 11 is 0. The zero-order chi connectivity index (χ0) is 14.2. The summed E-state index contributed by atoms with van der Waals surface area (Å²) in [5.41, 5.74) is 0. The van der Waals surface area contributed by atoms with Gasteiger partial charge >= 0.3 is 0 Å². The molecule has 1 aliphatic carbocycles. The Kier molecular flexibility index (Phi) is 6.82. The largest absolute Gasteiger partial charge is 0.312 e. The highest BCUT2D eigenvalue weighted by Gasteiger charge is 2.27. The second-order valence-corrected chi connectivity index (χ2v) is 6.85. The minimum atomic E-state index is 0.601. The van der Waals surface area contributed by atoms with Gasteiger partial charge in [-0.3, -0.25) is 4.90 Å². The van der Waals surface area contributed by atoms with Crippen LogP contribution < -0.4 is 5.32 Å². The van der Waals surface area contributed by atoms with Crippen LogP contribution in [0.25, 0.3) is 0 Å². The highest BCUT2D eigenvalue weighted by Crippen LogP contribution is 2.25. The maximum absolute atomic E-state index is 8.96. The monoisotopic (exact) mass is 277 g/mol. The highest BCUT2D eigenvalue weighted by atomic mass is 15.2. The van der Waals surface area contributed by atoms with E-state index in [4.69, 9.17) is 5.26 Å². The van der Waals surface area contributed by atoms with Crippen LogP contribution in [0.2, 0.25) is 0 Å². The molecule has 0 aromatic rings. The lowest BCUT2D eigenvalue weighted by Crippen LogP contribution is -2.50. The molecular weight excluding hydrogens is 246 g/mol. The third kappa shape index (κ3) is 5.07. The van der Waals surface area contributed by atoms with Crippen molar-refractivity contribution in [2.75, 3.05) is 26.2 Å². The Morgan fingerprint density at radius 2 is 2.00 bits per heavy atom. The topological polar surface area (TPSA) is 39.1 Å². The maximum Gasteiger partial charge on any atom is 0.0866 e. The summed E-state index contributed by atoms with van der Waals surface area (Å²) in [7, 11) is 0. The van der Waals surface area contributed by atoms with Gasteiger partial charge in [-0.05, 0) is 44.1 Å². The Morgan fingerprint density at radius 1 is 1.20 bits per heavy atom. The van der Waals surface area contributed by atoms with Crippen molar-refractivity contribution in [2.45, 2.75) is 64.3 Å². The minimum absolute atomic E-state index is 0.601. The lowest BCUT2D eigenvalue weighted by molar-refractivity contribution is 0.145. The smallest absolute Gasteiger partial charge is 0.0866 e. The number of nitriles is 1. The molecule has 0 radical (unpaired) electrons. The fraction of sp³-hybridized carbons (Fsp3) is 0.941. The zero-order valence-electron chi connectivity index (χ0n) is 13.1. The first-order chi connectivity index (χ1) is 9.81. The normalized spacial score (nSPS) is 28.6. The molecule has 0 amide bonds. The van der Waals surface area contributed by atoms with Crippen LogP contribution in [0.1, 0.15) is 58.3 Å². The first kappa shape index (κ1) is 15.8. The van der Waals surface area contributed by atoms with Gasteiger partial charge in [-0.2, -0.15) is 5.26 Å². The van der Waals surface area contributed by atoms with Crippen molar-refractivity contribution in [3.63, 3.8) is 0 Å². The van der Waals surface area contributed by atoms with Crippen LogP contribution in [-0.2, 0) is 0 Å². The summed E-state index contributed by atoms with van der Waals surface area (Å²) in [5, 5.41) is 12.8. The molecule has 20 heavy (non-hydrogen) atoms. The fourth-order valence-electron chi connectivity index (χ4n) is 3.93. The lowest BCUT2D eigenvalue weighted by Gasteiger charge is -2.37. The van der Waals surface area contributed by atoms with Crippen LogP contribution in [0.3, 0.4) is 0 Å². The van der Waals surface area contributed by atoms with E-state index < -0.39 is 0 Å². The van der Waals surface area contributed by atoms with Crippen LogP contribution in [0.5, 0.6) is 0 Å². The van der Waals surface area contributed by atoms with E-state index in [1.54, 1.807) is 0 Å². The van der Waals surface area contributed by atoms with Crippen LogP contribution in [0.15, 0.2) is 0 Å². The van der Waals surface area contributed by atoms with Gasteiger partial charge in [0.15, 0.2) is 0 Å². The summed E-state index contributed by atoms with van der Waals surface area (Å²) < 4.78 is 0. The van der Waals surface area contributed by atoms with Crippen LogP contribution in [0.4, 0.5) is 0 Å². The number of nitrogens with one attached hydrogen (secondary N) is 1. The molecule has 2 fully saturated rings. The summed E-state index contributed by atoms with van der Waals surface area (Å²) in [6, 6.07) is 2.94. The first-order valence-corrected chi connectivity index (χ1v) is 8.64. The average Bonchev–Trinajstić information content (AvgIpc) is 2.96. The Morgan fingerprint density at radius 3 is 2.70 bits per heavy atom. The third-order valence-electron chi connectivity index (χ3n) is 5.04. The SMILES string of the molecule is CCCCC1CC(NCC2CCCC2)CN(CC#N)C1. The fourth-order valence-corrected chi connectivity index (χ4v) is 3.93. The van der Waals surface area contributed by atoms with Crippen molar-refractivity contribution >= 4 is 0 Å². The van der Waals surface area contributed by atoms with Crippen molar-refractivity contribution in [2.24, 2.45) is 11.8 Å². The van der Waals surface area contributed by atoms with Crippen molar-refractivity contribution in [1.82, 2.24) is 10.2 Å². The van der Waals surface area contributed by atoms with Gasteiger partial charge < -0.3 is 5.32 Å². The first-order valence-electron chi connectivity index (χ1n) is 8.64. The highest BCUT2D eigenvalue weighted by molar-refractivity contribution is 4.88. The molecule has 2 aliphatic rings. The molecule has 114 valence electrons. The molecule has 1 saturated heterocycles. The summed E-state index contributed by atoms with van der Waals surface area (Å²) in [6.07, 6.45) is 11.0. The molecule has 0 bridgehead atoms. The molecule has 1 aliphatic heterocycles.